The summed E-state index contributed by atoms with van der Waals surface area (Å²) < 4.78 is 0. The number of rotatable bonds is 0. The summed E-state index contributed by atoms with van der Waals surface area (Å²) in [6, 6.07) is 20.0. The number of hydrogen-bond acceptors (Lipinski definition) is 0. The summed E-state index contributed by atoms with van der Waals surface area (Å²) >= 11 is 0. The molecule has 0 bridgehead atoms. The van der Waals surface area contributed by atoms with Gasteiger partial charge in [-0.2, -0.15) is 0 Å². The van der Waals surface area contributed by atoms with Crippen LogP contribution in [0.2, 0.25) is 0 Å². The van der Waals surface area contributed by atoms with Crippen LogP contribution in [0, 0.1) is 52.0 Å². The second kappa shape index (κ2) is 44.5. The fourth-order valence-corrected chi connectivity index (χ4v) is 1.06. The number of hydrogen-bond donors (Lipinski definition) is 0. The molecule has 0 aliphatic rings. The first-order valence-electron chi connectivity index (χ1n) is 5.31. The summed E-state index contributed by atoms with van der Waals surface area (Å²) in [5, 5.41) is 0. The fraction of sp³-hybridized carbons (Fsp3) is 0.250. The van der Waals surface area contributed by atoms with E-state index >= 15 is 0 Å². The summed E-state index contributed by atoms with van der Waals surface area (Å²) in [6.45, 7) is 8.04. The average Bonchev–Trinajstić information content (AvgIpc) is 2.28. The Kier molecular flexibility index (Phi) is 111. The summed E-state index contributed by atoms with van der Waals surface area (Å²) in [5.41, 5.74) is 4.59. The second-order valence-electron chi connectivity index (χ2n) is 3.89. The van der Waals surface area contributed by atoms with Gasteiger partial charge in [-0.1, -0.05) is 13.8 Å². The summed E-state index contributed by atoms with van der Waals surface area (Å²) in [7, 11) is 0. The maximum absolute atomic E-state index is 3.04. The molecule has 0 amide bonds. The first-order chi connectivity index (χ1) is 7.58. The monoisotopic (exact) mass is 1100 g/mol. The minimum absolute atomic E-state index is 0. The third kappa shape index (κ3) is 40.6. The molecule has 114 valence electrons. The standard InChI is InChI=1S/2C8H8.10Y/c2*1-7-3-5-8(2)6-4-7;;;;;;;;;;/h2*3-4H,1-2H3;;;;;;;;;;/q2*-2;;;;;;;;;;. The third-order valence-electron chi connectivity index (χ3n) is 2.07. The molecule has 0 atom stereocenters. The molecule has 0 aliphatic heterocycles. The van der Waals surface area contributed by atoms with Gasteiger partial charge in [-0.15, -0.1) is 13.8 Å². The van der Waals surface area contributed by atoms with Crippen LogP contribution in [-0.4, -0.2) is 0 Å². The predicted octanol–water partition coefficient (Wildman–Crippen LogP) is 3.78. The second-order valence-corrected chi connectivity index (χ2v) is 3.89. The van der Waals surface area contributed by atoms with Crippen molar-refractivity contribution in [3.05, 3.63) is 70.8 Å². The van der Waals surface area contributed by atoms with Crippen molar-refractivity contribution in [1.82, 2.24) is 0 Å². The molecule has 26 heavy (non-hydrogen) atoms. The number of benzene rings is 2. The van der Waals surface area contributed by atoms with Crippen LogP contribution in [0.3, 0.4) is 0 Å². The zero-order valence-corrected chi connectivity index (χ0v) is 44.5. The third-order valence-corrected chi connectivity index (χ3v) is 2.07. The largest absolute Gasteiger partial charge is 0.356 e. The van der Waals surface area contributed by atoms with Crippen LogP contribution in [0.1, 0.15) is 22.3 Å². The Hall–Kier alpha value is 9.48. The molecule has 2 aromatic rings. The van der Waals surface area contributed by atoms with Gasteiger partial charge in [-0.3, -0.25) is 46.5 Å². The Balaban J connectivity index is -0.0000000178. The predicted molar refractivity (Wildman–Crippen MR) is 67.2 cm³/mol. The van der Waals surface area contributed by atoms with Gasteiger partial charge in [0, 0.05) is 327 Å². The van der Waals surface area contributed by atoms with Crippen molar-refractivity contribution < 1.29 is 327 Å². The molecule has 0 spiro atoms. The van der Waals surface area contributed by atoms with Gasteiger partial charge in [0.05, 0.1) is 0 Å². The van der Waals surface area contributed by atoms with Gasteiger partial charge >= 0.3 is 0 Å². The molecule has 0 N–H and O–H groups in total. The van der Waals surface area contributed by atoms with Crippen molar-refractivity contribution in [2.45, 2.75) is 27.7 Å². The smallest absolute Gasteiger partial charge is 0 e. The average molecular weight is 1100 g/mol. The molecule has 10 radical (unpaired) electrons. The molecule has 2 aromatic carbocycles. The summed E-state index contributed by atoms with van der Waals surface area (Å²) in [4.78, 5) is 0. The zero-order chi connectivity index (χ0) is 12.0. The van der Waals surface area contributed by atoms with E-state index in [0.717, 1.165) is 11.1 Å². The van der Waals surface area contributed by atoms with E-state index < -0.39 is 0 Å². The van der Waals surface area contributed by atoms with E-state index in [1.54, 1.807) is 0 Å². The maximum Gasteiger partial charge on any atom is 0 e. The molecule has 0 fully saturated rings. The van der Waals surface area contributed by atoms with E-state index in [1.807, 2.05) is 52.0 Å². The topological polar surface area (TPSA) is 0 Å². The normalized spacial score (nSPS) is 5.69. The van der Waals surface area contributed by atoms with Crippen LogP contribution in [0.15, 0.2) is 24.3 Å². The van der Waals surface area contributed by atoms with Crippen LogP contribution in [0.25, 0.3) is 0 Å². The van der Waals surface area contributed by atoms with Crippen molar-refractivity contribution in [2.75, 3.05) is 0 Å². The van der Waals surface area contributed by atoms with Crippen LogP contribution < -0.4 is 0 Å². The molecule has 0 saturated heterocycles. The van der Waals surface area contributed by atoms with Crippen LogP contribution in [0.5, 0.6) is 0 Å². The molecule has 0 heterocycles. The van der Waals surface area contributed by atoms with Gasteiger partial charge in [0.15, 0.2) is 0 Å². The molecule has 0 aromatic heterocycles. The van der Waals surface area contributed by atoms with Crippen molar-refractivity contribution in [3.8, 4) is 0 Å². The van der Waals surface area contributed by atoms with Gasteiger partial charge in [-0.25, -0.2) is 0 Å². The Morgan fingerprint density at radius 3 is 0.654 bits per heavy atom. The van der Waals surface area contributed by atoms with Crippen molar-refractivity contribution in [2.24, 2.45) is 0 Å². The Bertz CT molecular complexity index is 346. The molecular formula is C16H16Y10-4. The minimum atomic E-state index is 0. The van der Waals surface area contributed by atoms with Crippen LogP contribution in [0.4, 0.5) is 0 Å². The minimum Gasteiger partial charge on any atom is -0.356 e. The van der Waals surface area contributed by atoms with E-state index in [9.17, 15) is 0 Å². The Labute approximate surface area is 413 Å². The van der Waals surface area contributed by atoms with Crippen molar-refractivity contribution in [3.63, 3.8) is 0 Å². The van der Waals surface area contributed by atoms with Crippen LogP contribution >= 0.6 is 0 Å². The first kappa shape index (κ1) is 65.0. The Morgan fingerprint density at radius 2 is 0.538 bits per heavy atom. The van der Waals surface area contributed by atoms with Gasteiger partial charge < -0.3 is 24.3 Å². The van der Waals surface area contributed by atoms with Crippen molar-refractivity contribution >= 4 is 0 Å². The molecule has 0 aliphatic carbocycles. The SMILES string of the molecule is Cc1[c-]cc(C)c[c-]1.Cc1[c-]cc(C)c[c-]1.[Y].[Y].[Y].[Y].[Y].[Y].[Y].[Y].[Y].[Y]. The quantitative estimate of drug-likeness (QED) is 0.353. The number of aryl methyl sites for hydroxylation is 4. The summed E-state index contributed by atoms with van der Waals surface area (Å²) in [5.74, 6) is 0. The zero-order valence-electron chi connectivity index (χ0n) is 16.1. The van der Waals surface area contributed by atoms with E-state index in [4.69, 9.17) is 0 Å². The molecule has 0 nitrogen and oxygen atoms in total. The van der Waals surface area contributed by atoms with Gasteiger partial charge in [-0.05, 0) is 0 Å². The van der Waals surface area contributed by atoms with Gasteiger partial charge in [0.1, 0.15) is 0 Å². The maximum atomic E-state index is 3.04. The van der Waals surface area contributed by atoms with E-state index in [2.05, 4.69) is 24.3 Å². The van der Waals surface area contributed by atoms with E-state index in [0.29, 0.717) is 0 Å². The van der Waals surface area contributed by atoms with E-state index in [-0.39, 0.29) is 327 Å². The van der Waals surface area contributed by atoms with Gasteiger partial charge in [0.2, 0.25) is 0 Å². The van der Waals surface area contributed by atoms with E-state index in [1.165, 1.54) is 11.1 Å². The molecule has 10 heteroatoms. The molecule has 2 rings (SSSR count). The fourth-order valence-electron chi connectivity index (χ4n) is 1.06. The summed E-state index contributed by atoms with van der Waals surface area (Å²) in [6.07, 6.45) is 0. The Morgan fingerprint density at radius 1 is 0.385 bits per heavy atom. The molecule has 0 unspecified atom stereocenters. The van der Waals surface area contributed by atoms with Crippen molar-refractivity contribution in [1.29, 1.82) is 0 Å². The first-order valence-corrected chi connectivity index (χ1v) is 5.31. The molecular weight excluding hydrogens is 1080 g/mol. The van der Waals surface area contributed by atoms with Gasteiger partial charge in [0.25, 0.3) is 0 Å². The molecule has 0 saturated carbocycles. The van der Waals surface area contributed by atoms with Crippen LogP contribution in [-0.2, 0) is 327 Å².